The maximum atomic E-state index is 13.1. The van der Waals surface area contributed by atoms with Crippen molar-refractivity contribution in [3.8, 4) is 0 Å². The number of amides is 1. The molecule has 1 heterocycles. The third kappa shape index (κ3) is 5.21. The van der Waals surface area contributed by atoms with E-state index in [0.29, 0.717) is 25.5 Å². The number of pyridine rings is 1. The van der Waals surface area contributed by atoms with E-state index in [9.17, 15) is 9.18 Å². The lowest BCUT2D eigenvalue weighted by atomic mass is 10.2. The van der Waals surface area contributed by atoms with E-state index in [1.54, 1.807) is 7.11 Å². The highest BCUT2D eigenvalue weighted by molar-refractivity contribution is 5.98. The smallest absolute Gasteiger partial charge is 0.255 e. The molecule has 0 unspecified atom stereocenters. The van der Waals surface area contributed by atoms with Crippen LogP contribution < -0.4 is 10.6 Å². The van der Waals surface area contributed by atoms with Crippen LogP contribution in [0.15, 0.2) is 12.3 Å². The summed E-state index contributed by atoms with van der Waals surface area (Å²) in [4.78, 5) is 15.8. The molecule has 0 fully saturated rings. The van der Waals surface area contributed by atoms with E-state index in [2.05, 4.69) is 15.6 Å². The molecule has 0 aliphatic carbocycles. The van der Waals surface area contributed by atoms with Crippen molar-refractivity contribution in [2.75, 3.05) is 32.1 Å². The van der Waals surface area contributed by atoms with Crippen LogP contribution in [-0.2, 0) is 4.74 Å². The van der Waals surface area contributed by atoms with Crippen molar-refractivity contribution in [3.63, 3.8) is 0 Å². The van der Waals surface area contributed by atoms with Gasteiger partial charge in [0.05, 0.1) is 11.8 Å². The fourth-order valence-electron chi connectivity index (χ4n) is 1.59. The van der Waals surface area contributed by atoms with Crippen molar-refractivity contribution < 1.29 is 13.9 Å². The van der Waals surface area contributed by atoms with Gasteiger partial charge >= 0.3 is 0 Å². The summed E-state index contributed by atoms with van der Waals surface area (Å²) in [6.07, 6.45) is 2.78. The summed E-state index contributed by atoms with van der Waals surface area (Å²) >= 11 is 0. The molecule has 0 bridgehead atoms. The topological polar surface area (TPSA) is 63.2 Å². The molecule has 6 heteroatoms. The van der Waals surface area contributed by atoms with E-state index in [1.807, 2.05) is 6.92 Å². The van der Waals surface area contributed by atoms with Crippen LogP contribution in [0, 0.1) is 5.82 Å². The number of unbranched alkanes of at least 4 members (excludes halogenated alkanes) is 1. The highest BCUT2D eigenvalue weighted by Gasteiger charge is 2.13. The number of aromatic nitrogens is 1. The second-order valence-corrected chi connectivity index (χ2v) is 4.04. The predicted octanol–water partition coefficient (Wildman–Crippen LogP) is 1.81. The number of ether oxygens (including phenoxy) is 1. The van der Waals surface area contributed by atoms with Gasteiger partial charge in [0.15, 0.2) is 0 Å². The lowest BCUT2D eigenvalue weighted by Crippen LogP contribution is -2.26. The molecule has 0 radical (unpaired) electrons. The van der Waals surface area contributed by atoms with Crippen molar-refractivity contribution >= 4 is 11.7 Å². The van der Waals surface area contributed by atoms with E-state index in [1.165, 1.54) is 6.07 Å². The maximum Gasteiger partial charge on any atom is 0.255 e. The van der Waals surface area contributed by atoms with Gasteiger partial charge < -0.3 is 15.4 Å². The molecule has 106 valence electrons. The van der Waals surface area contributed by atoms with Crippen molar-refractivity contribution in [1.29, 1.82) is 0 Å². The molecule has 0 saturated heterocycles. The van der Waals surface area contributed by atoms with E-state index in [4.69, 9.17) is 4.74 Å². The number of halogens is 1. The van der Waals surface area contributed by atoms with Gasteiger partial charge in [-0.15, -0.1) is 0 Å². The summed E-state index contributed by atoms with van der Waals surface area (Å²) in [6, 6.07) is 1.19. The standard InChI is InChI=1S/C13H20FN3O2/c1-3-15-12-11(8-10(14)9-17-12)13(18)16-6-4-5-7-19-2/h8-9H,3-7H2,1-2H3,(H,15,17)(H,16,18). The molecule has 1 rings (SSSR count). The number of hydrogen-bond donors (Lipinski definition) is 2. The number of nitrogens with zero attached hydrogens (tertiary/aromatic N) is 1. The maximum absolute atomic E-state index is 13.1. The van der Waals surface area contributed by atoms with Crippen LogP contribution in [0.1, 0.15) is 30.1 Å². The zero-order valence-corrected chi connectivity index (χ0v) is 11.3. The lowest BCUT2D eigenvalue weighted by molar-refractivity contribution is 0.0951. The van der Waals surface area contributed by atoms with Gasteiger partial charge in [-0.2, -0.15) is 0 Å². The summed E-state index contributed by atoms with van der Waals surface area (Å²) in [6.45, 7) is 3.70. The Morgan fingerprint density at radius 1 is 1.47 bits per heavy atom. The Morgan fingerprint density at radius 3 is 2.95 bits per heavy atom. The van der Waals surface area contributed by atoms with Gasteiger partial charge in [-0.1, -0.05) is 0 Å². The number of hydrogen-bond acceptors (Lipinski definition) is 4. The first-order valence-corrected chi connectivity index (χ1v) is 6.35. The number of carbonyl (C=O) groups excluding carboxylic acids is 1. The molecule has 19 heavy (non-hydrogen) atoms. The van der Waals surface area contributed by atoms with Crippen LogP contribution >= 0.6 is 0 Å². The lowest BCUT2D eigenvalue weighted by Gasteiger charge is -2.10. The molecular formula is C13H20FN3O2. The highest BCUT2D eigenvalue weighted by atomic mass is 19.1. The summed E-state index contributed by atoms with van der Waals surface area (Å²) in [5.74, 6) is -0.440. The van der Waals surface area contributed by atoms with Crippen LogP contribution in [0.25, 0.3) is 0 Å². The van der Waals surface area contributed by atoms with Crippen LogP contribution in [0.5, 0.6) is 0 Å². The van der Waals surface area contributed by atoms with E-state index < -0.39 is 5.82 Å². The second kappa shape index (κ2) is 8.42. The summed E-state index contributed by atoms with van der Waals surface area (Å²) in [7, 11) is 1.64. The molecule has 0 saturated carbocycles. The molecule has 0 aliphatic heterocycles. The Kier molecular flexibility index (Phi) is 6.81. The normalized spacial score (nSPS) is 10.3. The van der Waals surface area contributed by atoms with Crippen molar-refractivity contribution in [2.45, 2.75) is 19.8 Å². The van der Waals surface area contributed by atoms with Crippen LogP contribution in [0.2, 0.25) is 0 Å². The Labute approximate surface area is 112 Å². The Bertz CT molecular complexity index is 413. The number of nitrogens with one attached hydrogen (secondary N) is 2. The molecule has 1 amide bonds. The number of anilines is 1. The summed E-state index contributed by atoms with van der Waals surface area (Å²) in [5.41, 5.74) is 0.230. The Balaban J connectivity index is 2.57. The minimum atomic E-state index is -0.522. The minimum Gasteiger partial charge on any atom is -0.385 e. The predicted molar refractivity (Wildman–Crippen MR) is 71.8 cm³/mol. The van der Waals surface area contributed by atoms with Gasteiger partial charge in [-0.25, -0.2) is 9.37 Å². The quantitative estimate of drug-likeness (QED) is 0.706. The molecule has 0 atom stereocenters. The third-order valence-electron chi connectivity index (χ3n) is 2.50. The van der Waals surface area contributed by atoms with Crippen molar-refractivity contribution in [2.24, 2.45) is 0 Å². The molecule has 5 nitrogen and oxygen atoms in total. The first kappa shape index (κ1) is 15.4. The summed E-state index contributed by atoms with van der Waals surface area (Å²) < 4.78 is 18.1. The van der Waals surface area contributed by atoms with Gasteiger partial charge in [0, 0.05) is 26.8 Å². The average Bonchev–Trinajstić information content (AvgIpc) is 2.40. The molecule has 0 spiro atoms. The van der Waals surface area contributed by atoms with Gasteiger partial charge in [-0.05, 0) is 25.8 Å². The largest absolute Gasteiger partial charge is 0.385 e. The zero-order valence-electron chi connectivity index (χ0n) is 11.3. The fourth-order valence-corrected chi connectivity index (χ4v) is 1.59. The highest BCUT2D eigenvalue weighted by Crippen LogP contribution is 2.13. The SMILES string of the molecule is CCNc1ncc(F)cc1C(=O)NCCCCOC. The molecular weight excluding hydrogens is 249 g/mol. The van der Waals surface area contributed by atoms with E-state index in [0.717, 1.165) is 19.0 Å². The van der Waals surface area contributed by atoms with Crippen LogP contribution in [0.4, 0.5) is 10.2 Å². The van der Waals surface area contributed by atoms with E-state index in [-0.39, 0.29) is 11.5 Å². The van der Waals surface area contributed by atoms with Crippen LogP contribution in [-0.4, -0.2) is 37.7 Å². The van der Waals surface area contributed by atoms with Gasteiger partial charge in [-0.3, -0.25) is 4.79 Å². The fraction of sp³-hybridized carbons (Fsp3) is 0.538. The zero-order chi connectivity index (χ0) is 14.1. The number of rotatable bonds is 8. The summed E-state index contributed by atoms with van der Waals surface area (Å²) in [5, 5.41) is 5.68. The average molecular weight is 269 g/mol. The molecule has 0 aliphatic rings. The van der Waals surface area contributed by atoms with Crippen LogP contribution in [0.3, 0.4) is 0 Å². The molecule has 0 aromatic carbocycles. The van der Waals surface area contributed by atoms with Crippen molar-refractivity contribution in [3.05, 3.63) is 23.6 Å². The monoisotopic (exact) mass is 269 g/mol. The first-order valence-electron chi connectivity index (χ1n) is 6.35. The van der Waals surface area contributed by atoms with Gasteiger partial charge in [0.2, 0.25) is 0 Å². The number of carbonyl (C=O) groups is 1. The van der Waals surface area contributed by atoms with Gasteiger partial charge in [0.1, 0.15) is 11.6 Å². The minimum absolute atomic E-state index is 0.230. The third-order valence-corrected chi connectivity index (χ3v) is 2.50. The first-order chi connectivity index (χ1) is 9.19. The molecule has 1 aromatic rings. The molecule has 1 aromatic heterocycles. The van der Waals surface area contributed by atoms with E-state index >= 15 is 0 Å². The Morgan fingerprint density at radius 2 is 2.26 bits per heavy atom. The number of methoxy groups -OCH3 is 1. The second-order valence-electron chi connectivity index (χ2n) is 4.04. The molecule has 2 N–H and O–H groups in total. The van der Waals surface area contributed by atoms with Crippen molar-refractivity contribution in [1.82, 2.24) is 10.3 Å². The van der Waals surface area contributed by atoms with Gasteiger partial charge in [0.25, 0.3) is 5.91 Å². The Hall–Kier alpha value is -1.69.